The number of benzene rings is 1. The summed E-state index contributed by atoms with van der Waals surface area (Å²) in [5, 5.41) is 0.122. The van der Waals surface area contributed by atoms with E-state index in [0.29, 0.717) is 6.26 Å². The van der Waals surface area contributed by atoms with Crippen LogP contribution in [0.5, 0.6) is 0 Å². The molecule has 0 saturated carbocycles. The maximum atomic E-state index is 12.8. The minimum Gasteiger partial charge on any atom is -0.225 e. The molecule has 0 aliphatic rings. The molecule has 1 aromatic rings. The molecule has 18 heavy (non-hydrogen) atoms. The summed E-state index contributed by atoms with van der Waals surface area (Å²) in [6, 6.07) is 3.25. The Morgan fingerprint density at radius 3 is 1.94 bits per heavy atom. The van der Waals surface area contributed by atoms with Gasteiger partial charge in [-0.05, 0) is 23.8 Å². The highest BCUT2D eigenvalue weighted by Crippen LogP contribution is 2.36. The van der Waals surface area contributed by atoms with E-state index in [1.165, 1.54) is 6.07 Å². The monoisotopic (exact) mass is 318 g/mol. The molecule has 0 unspecified atom stereocenters. The molecule has 0 bridgehead atoms. The van der Waals surface area contributed by atoms with E-state index >= 15 is 0 Å². The molecule has 100 valence electrons. The van der Waals surface area contributed by atoms with E-state index < -0.39 is 27.2 Å². The third kappa shape index (κ3) is 4.51. The number of hydrogen-bond donors (Lipinski definition) is 0. The second kappa shape index (κ2) is 5.11. The van der Waals surface area contributed by atoms with E-state index in [0.717, 1.165) is 12.1 Å². The van der Waals surface area contributed by atoms with Crippen LogP contribution in [-0.4, -0.2) is 20.8 Å². The molecule has 0 fully saturated rings. The molecule has 0 amide bonds. The van der Waals surface area contributed by atoms with Crippen molar-refractivity contribution in [3.05, 3.63) is 39.2 Å². The lowest BCUT2D eigenvalue weighted by atomic mass is 10.1. The Labute approximate surface area is 112 Å². The molecule has 0 heterocycles. The molecule has 0 saturated heterocycles. The van der Waals surface area contributed by atoms with Gasteiger partial charge in [-0.2, -0.15) is 13.2 Å². The van der Waals surface area contributed by atoms with E-state index in [2.05, 4.69) is 0 Å². The molecule has 0 N–H and O–H groups in total. The van der Waals surface area contributed by atoms with E-state index in [1.54, 1.807) is 0 Å². The van der Waals surface area contributed by atoms with Crippen LogP contribution in [0.1, 0.15) is 5.56 Å². The fourth-order valence-corrected chi connectivity index (χ4v) is 2.45. The minimum absolute atomic E-state index is 0.0128. The number of sulfone groups is 1. The molecule has 8 heteroatoms. The molecular formula is C10H7Cl2F3O2S. The van der Waals surface area contributed by atoms with Crippen molar-refractivity contribution in [2.45, 2.75) is 6.18 Å². The Kier molecular flexibility index (Phi) is 4.35. The largest absolute Gasteiger partial charge is 0.417 e. The lowest BCUT2D eigenvalue weighted by molar-refractivity contribution is -0.0688. The topological polar surface area (TPSA) is 34.1 Å². The summed E-state index contributed by atoms with van der Waals surface area (Å²) in [5.74, 6) is 0. The first-order valence-corrected chi connectivity index (χ1v) is 7.15. The van der Waals surface area contributed by atoms with Crippen LogP contribution in [0.25, 0.3) is 5.57 Å². The van der Waals surface area contributed by atoms with Gasteiger partial charge in [0, 0.05) is 21.7 Å². The molecule has 0 aliphatic heterocycles. The van der Waals surface area contributed by atoms with Gasteiger partial charge in [0.05, 0.1) is 5.57 Å². The van der Waals surface area contributed by atoms with Gasteiger partial charge in [0.1, 0.15) is 0 Å². The summed E-state index contributed by atoms with van der Waals surface area (Å²) in [6.07, 6.45) is -4.15. The van der Waals surface area contributed by atoms with Crippen molar-refractivity contribution in [2.75, 3.05) is 6.26 Å². The van der Waals surface area contributed by atoms with Gasteiger partial charge in [0.25, 0.3) is 0 Å². The fourth-order valence-electron chi connectivity index (χ4n) is 1.22. The third-order valence-corrected chi connectivity index (χ3v) is 2.91. The van der Waals surface area contributed by atoms with Crippen LogP contribution in [0.4, 0.5) is 13.2 Å². The van der Waals surface area contributed by atoms with Crippen molar-refractivity contribution in [1.29, 1.82) is 0 Å². The second-order valence-electron chi connectivity index (χ2n) is 3.52. The Morgan fingerprint density at radius 2 is 1.61 bits per heavy atom. The maximum Gasteiger partial charge on any atom is 0.417 e. The van der Waals surface area contributed by atoms with E-state index in [4.69, 9.17) is 23.2 Å². The predicted molar refractivity (Wildman–Crippen MR) is 65.3 cm³/mol. The molecule has 0 radical (unpaired) electrons. The number of allylic oxidation sites excluding steroid dienone is 1. The summed E-state index contributed by atoms with van der Waals surface area (Å²) in [6.45, 7) is 0. The maximum absolute atomic E-state index is 12.8. The zero-order valence-electron chi connectivity index (χ0n) is 8.92. The van der Waals surface area contributed by atoms with Gasteiger partial charge in [-0.1, -0.05) is 23.2 Å². The van der Waals surface area contributed by atoms with Gasteiger partial charge in [0.2, 0.25) is 0 Å². The molecule has 1 rings (SSSR count). The number of halogens is 5. The Balaban J connectivity index is 3.51. The summed E-state index contributed by atoms with van der Waals surface area (Å²) >= 11 is 11.2. The number of alkyl halides is 3. The fraction of sp³-hybridized carbons (Fsp3) is 0.200. The molecule has 0 aromatic heterocycles. The highest BCUT2D eigenvalue weighted by Gasteiger charge is 2.36. The van der Waals surface area contributed by atoms with Crippen LogP contribution in [-0.2, 0) is 9.84 Å². The van der Waals surface area contributed by atoms with Gasteiger partial charge >= 0.3 is 6.18 Å². The van der Waals surface area contributed by atoms with Crippen molar-refractivity contribution in [1.82, 2.24) is 0 Å². The summed E-state index contributed by atoms with van der Waals surface area (Å²) in [5.41, 5.74) is -1.71. The van der Waals surface area contributed by atoms with Crippen LogP contribution in [0, 0.1) is 0 Å². The Morgan fingerprint density at radius 1 is 1.17 bits per heavy atom. The summed E-state index contributed by atoms with van der Waals surface area (Å²) in [7, 11) is -3.95. The molecule has 0 atom stereocenters. The van der Waals surface area contributed by atoms with Gasteiger partial charge in [-0.15, -0.1) is 0 Å². The van der Waals surface area contributed by atoms with Crippen LogP contribution in [0.2, 0.25) is 10.0 Å². The second-order valence-corrected chi connectivity index (χ2v) is 6.28. The van der Waals surface area contributed by atoms with Crippen molar-refractivity contribution < 1.29 is 21.6 Å². The normalized spacial score (nSPS) is 13.8. The first-order valence-electron chi connectivity index (χ1n) is 4.44. The van der Waals surface area contributed by atoms with Crippen LogP contribution in [0.15, 0.2) is 23.6 Å². The van der Waals surface area contributed by atoms with Crippen molar-refractivity contribution in [2.24, 2.45) is 0 Å². The van der Waals surface area contributed by atoms with Gasteiger partial charge in [-0.25, -0.2) is 8.42 Å². The quantitative estimate of drug-likeness (QED) is 0.827. The zero-order chi connectivity index (χ0) is 14.1. The predicted octanol–water partition coefficient (Wildman–Crippen LogP) is 3.94. The SMILES string of the molecule is CS(=O)(=O)C=C(c1cc(Cl)cc(Cl)c1)C(F)(F)F. The lowest BCUT2D eigenvalue weighted by Crippen LogP contribution is -2.12. The first kappa shape index (κ1) is 15.3. The van der Waals surface area contributed by atoms with Gasteiger partial charge in [0.15, 0.2) is 9.84 Å². The number of hydrogen-bond acceptors (Lipinski definition) is 2. The zero-order valence-corrected chi connectivity index (χ0v) is 11.3. The van der Waals surface area contributed by atoms with E-state index in [9.17, 15) is 21.6 Å². The molecule has 0 aliphatic carbocycles. The third-order valence-electron chi connectivity index (χ3n) is 1.81. The van der Waals surface area contributed by atoms with Gasteiger partial charge < -0.3 is 0 Å². The standard InChI is InChI=1S/C10H7Cl2F3O2S/c1-18(16,17)5-9(10(13,14)15)6-2-7(11)4-8(12)3-6/h2-5H,1H3. The summed E-state index contributed by atoms with van der Waals surface area (Å²) < 4.78 is 60.3. The average molecular weight is 319 g/mol. The molecule has 0 spiro atoms. The van der Waals surface area contributed by atoms with Crippen LogP contribution in [0.3, 0.4) is 0 Å². The van der Waals surface area contributed by atoms with Gasteiger partial charge in [-0.3, -0.25) is 0 Å². The van der Waals surface area contributed by atoms with Crippen LogP contribution >= 0.6 is 23.2 Å². The van der Waals surface area contributed by atoms with Crippen molar-refractivity contribution in [3.8, 4) is 0 Å². The van der Waals surface area contributed by atoms with Crippen molar-refractivity contribution >= 4 is 38.6 Å². The molecule has 2 nitrogen and oxygen atoms in total. The smallest absolute Gasteiger partial charge is 0.225 e. The number of rotatable bonds is 2. The highest BCUT2D eigenvalue weighted by atomic mass is 35.5. The minimum atomic E-state index is -4.82. The van der Waals surface area contributed by atoms with E-state index in [1.807, 2.05) is 0 Å². The molecule has 1 aromatic carbocycles. The highest BCUT2D eigenvalue weighted by molar-refractivity contribution is 7.93. The average Bonchev–Trinajstić information content (AvgIpc) is 2.09. The Bertz CT molecular complexity index is 571. The van der Waals surface area contributed by atoms with Crippen LogP contribution < -0.4 is 0 Å². The van der Waals surface area contributed by atoms with E-state index in [-0.39, 0.29) is 15.5 Å². The Hall–Kier alpha value is -0.720. The molecular weight excluding hydrogens is 312 g/mol. The lowest BCUT2D eigenvalue weighted by Gasteiger charge is -2.12. The first-order chi connectivity index (χ1) is 7.99. The van der Waals surface area contributed by atoms with Crippen molar-refractivity contribution in [3.63, 3.8) is 0 Å². The summed E-state index contributed by atoms with van der Waals surface area (Å²) in [4.78, 5) is 0.